The Morgan fingerprint density at radius 2 is 1.79 bits per heavy atom. The molecule has 0 radical (unpaired) electrons. The second-order valence-electron chi connectivity index (χ2n) is 6.96. The Hall–Kier alpha value is -2.33. The molecule has 0 bridgehead atoms. The van der Waals surface area contributed by atoms with Gasteiger partial charge in [-0.3, -0.25) is 4.79 Å². The van der Waals surface area contributed by atoms with Crippen molar-refractivity contribution in [1.29, 1.82) is 5.26 Å². The maximum absolute atomic E-state index is 12.4. The zero-order chi connectivity index (χ0) is 19.8. The normalized spacial score (nSPS) is 14.9. The molecule has 3 rings (SSSR count). The summed E-state index contributed by atoms with van der Waals surface area (Å²) in [7, 11) is 0. The molecule has 28 heavy (non-hydrogen) atoms. The van der Waals surface area contributed by atoms with Crippen molar-refractivity contribution < 1.29 is 9.53 Å². The van der Waals surface area contributed by atoms with Gasteiger partial charge in [-0.1, -0.05) is 43.5 Å². The lowest BCUT2D eigenvalue weighted by Gasteiger charge is -2.22. The molecule has 0 heterocycles. The molecule has 4 nitrogen and oxygen atoms in total. The number of carbonyl (C=O) groups excluding carboxylic acids is 1. The molecule has 0 spiro atoms. The van der Waals surface area contributed by atoms with Crippen LogP contribution in [0.2, 0.25) is 0 Å². The van der Waals surface area contributed by atoms with Crippen molar-refractivity contribution in [3.05, 3.63) is 68.8 Å². The van der Waals surface area contributed by atoms with Gasteiger partial charge in [-0.05, 0) is 76.9 Å². The topological polar surface area (TPSA) is 62.1 Å². The second kappa shape index (κ2) is 10.3. The van der Waals surface area contributed by atoms with Crippen LogP contribution in [0.3, 0.4) is 0 Å². The van der Waals surface area contributed by atoms with Gasteiger partial charge in [0.1, 0.15) is 24.0 Å². The molecule has 0 saturated heterocycles. The number of rotatable bonds is 6. The monoisotopic (exact) mass is 486 g/mol. The lowest BCUT2D eigenvalue weighted by Crippen LogP contribution is -2.36. The number of ether oxygens (including phenoxy) is 1. The molecule has 1 aliphatic carbocycles. The Labute approximate surface area is 179 Å². The first-order valence-corrected chi connectivity index (χ1v) is 10.6. The summed E-state index contributed by atoms with van der Waals surface area (Å²) in [5, 5.41) is 12.4. The Kier molecular flexibility index (Phi) is 7.49. The number of benzene rings is 2. The van der Waals surface area contributed by atoms with Gasteiger partial charge < -0.3 is 10.1 Å². The summed E-state index contributed by atoms with van der Waals surface area (Å²) in [5.41, 5.74) is 2.05. The molecular weight excluding hydrogens is 463 g/mol. The van der Waals surface area contributed by atoms with Gasteiger partial charge in [-0.25, -0.2) is 0 Å². The van der Waals surface area contributed by atoms with Gasteiger partial charge in [0.2, 0.25) is 0 Å². The molecule has 0 atom stereocenters. The van der Waals surface area contributed by atoms with Crippen LogP contribution in [0.1, 0.15) is 43.2 Å². The minimum Gasteiger partial charge on any atom is -0.489 e. The van der Waals surface area contributed by atoms with E-state index in [2.05, 4.69) is 40.0 Å². The number of nitriles is 1. The van der Waals surface area contributed by atoms with Crippen molar-refractivity contribution in [2.45, 2.75) is 44.8 Å². The molecule has 0 unspecified atom stereocenters. The lowest BCUT2D eigenvalue weighted by atomic mass is 9.95. The summed E-state index contributed by atoms with van der Waals surface area (Å²) in [6.07, 6.45) is 7.13. The van der Waals surface area contributed by atoms with E-state index in [1.807, 2.05) is 42.5 Å². The van der Waals surface area contributed by atoms with Crippen LogP contribution >= 0.6 is 22.6 Å². The van der Waals surface area contributed by atoms with E-state index in [4.69, 9.17) is 4.74 Å². The van der Waals surface area contributed by atoms with Crippen molar-refractivity contribution in [2.24, 2.45) is 0 Å². The number of carbonyl (C=O) groups is 1. The Bertz CT molecular complexity index is 861. The lowest BCUT2D eigenvalue weighted by molar-refractivity contribution is -0.117. The molecule has 5 heteroatoms. The predicted molar refractivity (Wildman–Crippen MR) is 119 cm³/mol. The summed E-state index contributed by atoms with van der Waals surface area (Å²) in [5.74, 6) is 0.467. The van der Waals surface area contributed by atoms with E-state index in [1.165, 1.54) is 9.99 Å². The highest BCUT2D eigenvalue weighted by atomic mass is 127. The maximum Gasteiger partial charge on any atom is 0.262 e. The van der Waals surface area contributed by atoms with Crippen LogP contribution in [-0.4, -0.2) is 11.9 Å². The molecule has 0 aliphatic heterocycles. The molecule has 1 amide bonds. The number of hydrogen-bond acceptors (Lipinski definition) is 3. The van der Waals surface area contributed by atoms with Gasteiger partial charge in [0.15, 0.2) is 0 Å². The van der Waals surface area contributed by atoms with Crippen LogP contribution in [-0.2, 0) is 11.4 Å². The number of halogens is 1. The highest BCUT2D eigenvalue weighted by Crippen LogP contribution is 2.19. The van der Waals surface area contributed by atoms with Crippen LogP contribution < -0.4 is 10.1 Å². The van der Waals surface area contributed by atoms with E-state index in [0.29, 0.717) is 6.61 Å². The third-order valence-electron chi connectivity index (χ3n) is 4.82. The standard InChI is InChI=1S/C23H23IN2O2/c24-20-10-6-18(7-11-20)16-28-22-12-8-17(9-13-22)14-19(15-25)23(27)26-21-4-2-1-3-5-21/h6-14,21H,1-5,16H2,(H,26,27)/b19-14-. The van der Waals surface area contributed by atoms with Crippen LogP contribution in [0.15, 0.2) is 54.1 Å². The molecule has 1 aliphatic rings. The van der Waals surface area contributed by atoms with Crippen molar-refractivity contribution in [3.8, 4) is 11.8 Å². The highest BCUT2D eigenvalue weighted by molar-refractivity contribution is 14.1. The van der Waals surface area contributed by atoms with Gasteiger partial charge in [0, 0.05) is 9.61 Å². The molecule has 1 N–H and O–H groups in total. The van der Waals surface area contributed by atoms with E-state index in [-0.39, 0.29) is 17.5 Å². The van der Waals surface area contributed by atoms with Gasteiger partial charge in [0.25, 0.3) is 5.91 Å². The quantitative estimate of drug-likeness (QED) is 0.346. The minimum atomic E-state index is -0.284. The van der Waals surface area contributed by atoms with Gasteiger partial charge in [-0.15, -0.1) is 0 Å². The third kappa shape index (κ3) is 6.10. The maximum atomic E-state index is 12.4. The SMILES string of the molecule is N#C/C(=C/c1ccc(OCc2ccc(I)cc2)cc1)C(=O)NC1CCCCC1. The minimum absolute atomic E-state index is 0.137. The van der Waals surface area contributed by atoms with Crippen molar-refractivity contribution in [2.75, 3.05) is 0 Å². The van der Waals surface area contributed by atoms with Gasteiger partial charge in [-0.2, -0.15) is 5.26 Å². The van der Waals surface area contributed by atoms with Gasteiger partial charge >= 0.3 is 0 Å². The van der Waals surface area contributed by atoms with Gasteiger partial charge in [0.05, 0.1) is 0 Å². The summed E-state index contributed by atoms with van der Waals surface area (Å²) in [6.45, 7) is 0.499. The van der Waals surface area contributed by atoms with Crippen LogP contribution in [0, 0.1) is 14.9 Å². The number of amides is 1. The molecular formula is C23H23IN2O2. The van der Waals surface area contributed by atoms with E-state index < -0.39 is 0 Å². The number of hydrogen-bond donors (Lipinski definition) is 1. The average Bonchev–Trinajstić information content (AvgIpc) is 2.73. The summed E-state index contributed by atoms with van der Waals surface area (Å²) < 4.78 is 6.99. The zero-order valence-electron chi connectivity index (χ0n) is 15.7. The summed E-state index contributed by atoms with van der Waals surface area (Å²) in [6, 6.07) is 17.8. The van der Waals surface area contributed by atoms with Crippen LogP contribution in [0.4, 0.5) is 0 Å². The largest absolute Gasteiger partial charge is 0.489 e. The zero-order valence-corrected chi connectivity index (χ0v) is 17.8. The molecule has 1 fully saturated rings. The average molecular weight is 486 g/mol. The second-order valence-corrected chi connectivity index (χ2v) is 8.21. The van der Waals surface area contributed by atoms with E-state index in [9.17, 15) is 10.1 Å². The molecule has 144 valence electrons. The fourth-order valence-electron chi connectivity index (χ4n) is 3.23. The number of nitrogens with zero attached hydrogens (tertiary/aromatic N) is 1. The Balaban J connectivity index is 1.58. The molecule has 2 aromatic carbocycles. The van der Waals surface area contributed by atoms with E-state index >= 15 is 0 Å². The van der Waals surface area contributed by atoms with Crippen LogP contribution in [0.25, 0.3) is 6.08 Å². The first-order chi connectivity index (χ1) is 13.6. The fraction of sp³-hybridized carbons (Fsp3) is 0.304. The Morgan fingerprint density at radius 1 is 1.11 bits per heavy atom. The number of nitrogens with one attached hydrogen (secondary N) is 1. The summed E-state index contributed by atoms with van der Waals surface area (Å²) in [4.78, 5) is 12.4. The summed E-state index contributed by atoms with van der Waals surface area (Å²) >= 11 is 2.27. The smallest absolute Gasteiger partial charge is 0.262 e. The third-order valence-corrected chi connectivity index (χ3v) is 5.53. The highest BCUT2D eigenvalue weighted by Gasteiger charge is 2.18. The van der Waals surface area contributed by atoms with E-state index in [1.54, 1.807) is 6.08 Å². The molecule has 2 aromatic rings. The molecule has 0 aromatic heterocycles. The Morgan fingerprint density at radius 3 is 2.43 bits per heavy atom. The predicted octanol–water partition coefficient (Wildman–Crippen LogP) is 5.23. The van der Waals surface area contributed by atoms with Crippen molar-refractivity contribution >= 4 is 34.6 Å². The van der Waals surface area contributed by atoms with Crippen molar-refractivity contribution in [3.63, 3.8) is 0 Å². The molecule has 1 saturated carbocycles. The first-order valence-electron chi connectivity index (χ1n) is 9.54. The first kappa shape index (κ1) is 20.4. The fourth-order valence-corrected chi connectivity index (χ4v) is 3.59. The van der Waals surface area contributed by atoms with E-state index in [0.717, 1.165) is 42.6 Å². The van der Waals surface area contributed by atoms with Crippen molar-refractivity contribution in [1.82, 2.24) is 5.32 Å². The van der Waals surface area contributed by atoms with Crippen LogP contribution in [0.5, 0.6) is 5.75 Å².